The molecule has 0 bridgehead atoms. The number of alkyl carbamates (subject to hydrolysis) is 1. The van der Waals surface area contributed by atoms with Gasteiger partial charge in [-0.1, -0.05) is 30.3 Å². The highest BCUT2D eigenvalue weighted by molar-refractivity contribution is 6.19. The minimum Gasteiger partial charge on any atom is -0.449 e. The van der Waals surface area contributed by atoms with Crippen molar-refractivity contribution in [1.82, 2.24) is 10.6 Å². The Morgan fingerprint density at radius 1 is 1.15 bits per heavy atom. The van der Waals surface area contributed by atoms with Crippen molar-refractivity contribution in [2.45, 2.75) is 52.0 Å². The molecule has 0 saturated carbocycles. The maximum Gasteiger partial charge on any atom is 0.408 e. The van der Waals surface area contributed by atoms with Crippen molar-refractivity contribution in [3.63, 3.8) is 0 Å². The van der Waals surface area contributed by atoms with E-state index in [1.165, 1.54) is 6.92 Å². The Labute approximate surface area is 158 Å². The standard InChI is InChI=1S/C18H25ClN2O5/c1-12(20-17(24)25-11-13-8-6-5-7-9-13)16(23)26-14(10-19)15(22)21-18(2,3)4/h5-9,12,14H,10-11H2,1-4H3,(H,20,24)(H,21,22)/t12-,14?/m0/s1. The Morgan fingerprint density at radius 2 is 1.77 bits per heavy atom. The fraction of sp³-hybridized carbons (Fsp3) is 0.500. The van der Waals surface area contributed by atoms with E-state index in [9.17, 15) is 14.4 Å². The molecule has 0 heterocycles. The molecule has 26 heavy (non-hydrogen) atoms. The number of halogens is 1. The van der Waals surface area contributed by atoms with Crippen LogP contribution in [0.15, 0.2) is 30.3 Å². The van der Waals surface area contributed by atoms with Crippen molar-refractivity contribution < 1.29 is 23.9 Å². The van der Waals surface area contributed by atoms with Gasteiger partial charge in [0.2, 0.25) is 0 Å². The van der Waals surface area contributed by atoms with E-state index in [4.69, 9.17) is 21.1 Å². The number of amides is 2. The van der Waals surface area contributed by atoms with E-state index in [1.54, 1.807) is 20.8 Å². The van der Waals surface area contributed by atoms with Crippen LogP contribution >= 0.6 is 11.6 Å². The molecule has 2 atom stereocenters. The molecule has 0 aliphatic rings. The second-order valence-electron chi connectivity index (χ2n) is 6.75. The number of hydrogen-bond donors (Lipinski definition) is 2. The summed E-state index contributed by atoms with van der Waals surface area (Å²) in [5.74, 6) is -1.48. The Kier molecular flexibility index (Phi) is 8.38. The minimum absolute atomic E-state index is 0.0761. The molecule has 0 fully saturated rings. The molecule has 2 amide bonds. The van der Waals surface area contributed by atoms with E-state index >= 15 is 0 Å². The Balaban J connectivity index is 2.47. The van der Waals surface area contributed by atoms with Crippen LogP contribution in [0.3, 0.4) is 0 Å². The summed E-state index contributed by atoms with van der Waals surface area (Å²) >= 11 is 5.71. The van der Waals surface area contributed by atoms with Crippen molar-refractivity contribution >= 4 is 29.6 Å². The highest BCUT2D eigenvalue weighted by atomic mass is 35.5. The number of nitrogens with one attached hydrogen (secondary N) is 2. The first-order chi connectivity index (χ1) is 12.1. The molecule has 0 saturated heterocycles. The van der Waals surface area contributed by atoms with Gasteiger partial charge in [-0.05, 0) is 33.3 Å². The van der Waals surface area contributed by atoms with Gasteiger partial charge in [-0.15, -0.1) is 11.6 Å². The third-order valence-electron chi connectivity index (χ3n) is 3.09. The third kappa shape index (κ3) is 8.20. The number of alkyl halides is 1. The molecule has 0 aliphatic heterocycles. The number of carbonyl (C=O) groups is 3. The van der Waals surface area contributed by atoms with Gasteiger partial charge in [0, 0.05) is 5.54 Å². The second-order valence-corrected chi connectivity index (χ2v) is 7.06. The molecule has 0 radical (unpaired) electrons. The van der Waals surface area contributed by atoms with Crippen LogP contribution in [0.5, 0.6) is 0 Å². The summed E-state index contributed by atoms with van der Waals surface area (Å²) in [6.45, 7) is 6.90. The van der Waals surface area contributed by atoms with E-state index in [0.717, 1.165) is 5.56 Å². The van der Waals surface area contributed by atoms with Crippen LogP contribution in [0.2, 0.25) is 0 Å². The lowest BCUT2D eigenvalue weighted by atomic mass is 10.1. The van der Waals surface area contributed by atoms with E-state index in [0.29, 0.717) is 0 Å². The first kappa shape index (κ1) is 21.8. The number of ether oxygens (including phenoxy) is 2. The molecular weight excluding hydrogens is 360 g/mol. The lowest BCUT2D eigenvalue weighted by Gasteiger charge is -2.24. The van der Waals surface area contributed by atoms with Gasteiger partial charge in [-0.25, -0.2) is 9.59 Å². The third-order valence-corrected chi connectivity index (χ3v) is 3.37. The molecule has 1 aromatic carbocycles. The Hall–Kier alpha value is -2.28. The Bertz CT molecular complexity index is 616. The molecular formula is C18H25ClN2O5. The molecule has 2 N–H and O–H groups in total. The summed E-state index contributed by atoms with van der Waals surface area (Å²) in [6.07, 6.45) is -1.91. The fourth-order valence-electron chi connectivity index (χ4n) is 1.85. The lowest BCUT2D eigenvalue weighted by molar-refractivity contribution is -0.156. The smallest absolute Gasteiger partial charge is 0.408 e. The van der Waals surface area contributed by atoms with Crippen LogP contribution in [0.25, 0.3) is 0 Å². The minimum atomic E-state index is -1.15. The van der Waals surface area contributed by atoms with Gasteiger partial charge < -0.3 is 20.1 Å². The largest absolute Gasteiger partial charge is 0.449 e. The quantitative estimate of drug-likeness (QED) is 0.556. The normalized spacial score (nSPS) is 13.3. The van der Waals surface area contributed by atoms with Crippen molar-refractivity contribution in [3.05, 3.63) is 35.9 Å². The Morgan fingerprint density at radius 3 is 2.31 bits per heavy atom. The van der Waals surface area contributed by atoms with Gasteiger partial charge in [-0.3, -0.25) is 4.79 Å². The molecule has 8 heteroatoms. The highest BCUT2D eigenvalue weighted by Gasteiger charge is 2.28. The van der Waals surface area contributed by atoms with E-state index in [-0.39, 0.29) is 12.5 Å². The van der Waals surface area contributed by atoms with E-state index < -0.39 is 35.7 Å². The molecule has 1 rings (SSSR count). The van der Waals surface area contributed by atoms with Crippen LogP contribution in [0.1, 0.15) is 33.3 Å². The number of benzene rings is 1. The number of carbonyl (C=O) groups excluding carboxylic acids is 3. The van der Waals surface area contributed by atoms with Gasteiger partial charge >= 0.3 is 12.1 Å². The van der Waals surface area contributed by atoms with Gasteiger partial charge in [-0.2, -0.15) is 0 Å². The molecule has 1 aromatic rings. The average Bonchev–Trinajstić information content (AvgIpc) is 2.56. The molecule has 1 unspecified atom stereocenters. The topological polar surface area (TPSA) is 93.7 Å². The summed E-state index contributed by atoms with van der Waals surface area (Å²) in [4.78, 5) is 35.9. The highest BCUT2D eigenvalue weighted by Crippen LogP contribution is 2.05. The van der Waals surface area contributed by atoms with Crippen molar-refractivity contribution in [2.24, 2.45) is 0 Å². The monoisotopic (exact) mass is 384 g/mol. The number of esters is 1. The van der Waals surface area contributed by atoms with Gasteiger partial charge in [0.15, 0.2) is 6.10 Å². The maximum absolute atomic E-state index is 12.1. The first-order valence-electron chi connectivity index (χ1n) is 8.18. The summed E-state index contributed by atoms with van der Waals surface area (Å²) in [7, 11) is 0. The van der Waals surface area contributed by atoms with Crippen LogP contribution in [0.4, 0.5) is 4.79 Å². The van der Waals surface area contributed by atoms with Crippen molar-refractivity contribution in [3.8, 4) is 0 Å². The summed E-state index contributed by atoms with van der Waals surface area (Å²) in [5.41, 5.74) is 0.331. The number of rotatable bonds is 7. The zero-order chi connectivity index (χ0) is 19.7. The van der Waals surface area contributed by atoms with Gasteiger partial charge in [0.05, 0.1) is 5.88 Å². The molecule has 7 nitrogen and oxygen atoms in total. The van der Waals surface area contributed by atoms with Crippen molar-refractivity contribution in [1.29, 1.82) is 0 Å². The SMILES string of the molecule is C[C@H](NC(=O)OCc1ccccc1)C(=O)OC(CCl)C(=O)NC(C)(C)C. The summed E-state index contributed by atoms with van der Waals surface area (Å²) in [6, 6.07) is 8.13. The summed E-state index contributed by atoms with van der Waals surface area (Å²) < 4.78 is 10.1. The number of hydrogen-bond acceptors (Lipinski definition) is 5. The van der Waals surface area contributed by atoms with Crippen LogP contribution in [0, 0.1) is 0 Å². The van der Waals surface area contributed by atoms with Gasteiger partial charge in [0.1, 0.15) is 12.6 Å². The predicted molar refractivity (Wildman–Crippen MR) is 97.7 cm³/mol. The van der Waals surface area contributed by atoms with Crippen LogP contribution in [-0.4, -0.2) is 41.5 Å². The molecule has 144 valence electrons. The van der Waals surface area contributed by atoms with Gasteiger partial charge in [0.25, 0.3) is 5.91 Å². The first-order valence-corrected chi connectivity index (χ1v) is 8.71. The molecule has 0 aliphatic carbocycles. The van der Waals surface area contributed by atoms with Crippen molar-refractivity contribution in [2.75, 3.05) is 5.88 Å². The molecule has 0 aromatic heterocycles. The predicted octanol–water partition coefficient (Wildman–Crippen LogP) is 2.37. The second kappa shape index (κ2) is 10.0. The van der Waals surface area contributed by atoms with E-state index in [1.807, 2.05) is 30.3 Å². The zero-order valence-electron chi connectivity index (χ0n) is 15.4. The summed E-state index contributed by atoms with van der Waals surface area (Å²) in [5, 5.41) is 5.04. The maximum atomic E-state index is 12.1. The lowest BCUT2D eigenvalue weighted by Crippen LogP contribution is -2.49. The fourth-order valence-corrected chi connectivity index (χ4v) is 2.05. The van der Waals surface area contributed by atoms with Crippen LogP contribution < -0.4 is 10.6 Å². The van der Waals surface area contributed by atoms with E-state index in [2.05, 4.69) is 10.6 Å². The average molecular weight is 385 g/mol. The van der Waals surface area contributed by atoms with Crippen LogP contribution in [-0.2, 0) is 25.7 Å². The zero-order valence-corrected chi connectivity index (χ0v) is 16.1. The molecule has 0 spiro atoms.